The molecule has 0 saturated carbocycles. The minimum Gasteiger partial charge on any atom is -0.507 e. The van der Waals surface area contributed by atoms with Gasteiger partial charge in [-0.1, -0.05) is 24.3 Å². The number of aromatic hydroxyl groups is 1. The molecule has 0 spiro atoms. The van der Waals surface area contributed by atoms with Crippen LogP contribution in [-0.2, 0) is 4.79 Å². The topological polar surface area (TPSA) is 82.0 Å². The molecule has 1 aliphatic rings. The Morgan fingerprint density at radius 1 is 1.20 bits per heavy atom. The number of benzene rings is 2. The first kappa shape index (κ1) is 16.7. The zero-order valence-electron chi connectivity index (χ0n) is 13.9. The zero-order valence-corrected chi connectivity index (χ0v) is 13.9. The number of nitrogens with zero attached hydrogens (tertiary/aromatic N) is 2. The van der Waals surface area contributed by atoms with Crippen LogP contribution in [0.3, 0.4) is 0 Å². The summed E-state index contributed by atoms with van der Waals surface area (Å²) < 4.78 is 0. The molecule has 2 aromatic rings. The molecule has 1 heterocycles. The highest BCUT2D eigenvalue weighted by Crippen LogP contribution is 2.22. The number of phenols is 1. The SMILES string of the molecule is C/C(=N/NC(=O)c1ccccc1O)c1cccc(N2CCCC2=O)c1. The Labute approximate surface area is 145 Å². The number of para-hydroxylation sites is 1. The first-order chi connectivity index (χ1) is 12.1. The summed E-state index contributed by atoms with van der Waals surface area (Å²) in [5.74, 6) is -0.453. The third-order valence-corrected chi connectivity index (χ3v) is 4.12. The predicted molar refractivity (Wildman–Crippen MR) is 95.8 cm³/mol. The molecule has 6 nitrogen and oxygen atoms in total. The van der Waals surface area contributed by atoms with Crippen LogP contribution in [0.4, 0.5) is 5.69 Å². The summed E-state index contributed by atoms with van der Waals surface area (Å²) >= 11 is 0. The number of hydrogen-bond acceptors (Lipinski definition) is 4. The van der Waals surface area contributed by atoms with Gasteiger partial charge in [-0.15, -0.1) is 0 Å². The summed E-state index contributed by atoms with van der Waals surface area (Å²) in [7, 11) is 0. The molecule has 1 saturated heterocycles. The van der Waals surface area contributed by atoms with Crippen molar-refractivity contribution in [3.05, 3.63) is 59.7 Å². The second kappa shape index (κ2) is 7.17. The Morgan fingerprint density at radius 3 is 2.72 bits per heavy atom. The molecule has 128 valence electrons. The Hall–Kier alpha value is -3.15. The van der Waals surface area contributed by atoms with E-state index in [1.54, 1.807) is 24.0 Å². The number of rotatable bonds is 4. The summed E-state index contributed by atoms with van der Waals surface area (Å²) in [4.78, 5) is 25.7. The average molecular weight is 337 g/mol. The molecular formula is C19H19N3O3. The molecule has 6 heteroatoms. The van der Waals surface area contributed by atoms with Gasteiger partial charge in [0.15, 0.2) is 0 Å². The Morgan fingerprint density at radius 2 is 2.00 bits per heavy atom. The molecule has 0 radical (unpaired) electrons. The van der Waals surface area contributed by atoms with E-state index in [1.807, 2.05) is 24.3 Å². The van der Waals surface area contributed by atoms with Crippen LogP contribution < -0.4 is 10.3 Å². The van der Waals surface area contributed by atoms with Crippen molar-refractivity contribution in [2.24, 2.45) is 5.10 Å². The molecule has 0 atom stereocenters. The molecule has 25 heavy (non-hydrogen) atoms. The molecule has 0 bridgehead atoms. The Balaban J connectivity index is 1.75. The molecule has 0 aliphatic carbocycles. The van der Waals surface area contributed by atoms with Crippen LogP contribution in [0.2, 0.25) is 0 Å². The summed E-state index contributed by atoms with van der Waals surface area (Å²) in [6.07, 6.45) is 1.45. The number of carbonyl (C=O) groups excluding carboxylic acids is 2. The Bertz CT molecular complexity index is 845. The normalized spacial score (nSPS) is 14.7. The van der Waals surface area contributed by atoms with Crippen molar-refractivity contribution in [2.45, 2.75) is 19.8 Å². The minimum absolute atomic E-state index is 0.0950. The quantitative estimate of drug-likeness (QED) is 0.665. The fraction of sp³-hybridized carbons (Fsp3) is 0.211. The van der Waals surface area contributed by atoms with E-state index in [0.717, 1.165) is 24.2 Å². The highest BCUT2D eigenvalue weighted by Gasteiger charge is 2.21. The fourth-order valence-corrected chi connectivity index (χ4v) is 2.75. The second-order valence-electron chi connectivity index (χ2n) is 5.85. The molecule has 0 aromatic heterocycles. The first-order valence-electron chi connectivity index (χ1n) is 8.09. The molecule has 0 unspecified atom stereocenters. The summed E-state index contributed by atoms with van der Waals surface area (Å²) in [6, 6.07) is 13.8. The monoisotopic (exact) mass is 337 g/mol. The van der Waals surface area contributed by atoms with E-state index in [9.17, 15) is 14.7 Å². The van der Waals surface area contributed by atoms with Gasteiger partial charge < -0.3 is 10.0 Å². The maximum absolute atomic E-state index is 12.1. The highest BCUT2D eigenvalue weighted by molar-refractivity contribution is 6.03. The molecular weight excluding hydrogens is 318 g/mol. The number of phenolic OH excluding ortho intramolecular Hbond substituents is 1. The van der Waals surface area contributed by atoms with E-state index >= 15 is 0 Å². The van der Waals surface area contributed by atoms with Gasteiger partial charge in [0.25, 0.3) is 5.91 Å². The van der Waals surface area contributed by atoms with Gasteiger partial charge in [0, 0.05) is 18.7 Å². The number of amides is 2. The first-order valence-corrected chi connectivity index (χ1v) is 8.09. The molecule has 3 rings (SSSR count). The van der Waals surface area contributed by atoms with E-state index in [0.29, 0.717) is 12.1 Å². The molecule has 2 aromatic carbocycles. The lowest BCUT2D eigenvalue weighted by Crippen LogP contribution is -2.24. The zero-order chi connectivity index (χ0) is 17.8. The van der Waals surface area contributed by atoms with Crippen LogP contribution in [0.5, 0.6) is 5.75 Å². The van der Waals surface area contributed by atoms with Crippen molar-refractivity contribution in [1.82, 2.24) is 5.43 Å². The number of hydrogen-bond donors (Lipinski definition) is 2. The van der Waals surface area contributed by atoms with Crippen molar-refractivity contribution in [3.63, 3.8) is 0 Å². The summed E-state index contributed by atoms with van der Waals surface area (Å²) in [6.45, 7) is 2.50. The smallest absolute Gasteiger partial charge is 0.275 e. The average Bonchev–Trinajstić information content (AvgIpc) is 3.06. The van der Waals surface area contributed by atoms with Gasteiger partial charge in [-0.2, -0.15) is 5.10 Å². The van der Waals surface area contributed by atoms with Crippen LogP contribution in [0.15, 0.2) is 53.6 Å². The number of nitrogens with one attached hydrogen (secondary N) is 1. The summed E-state index contributed by atoms with van der Waals surface area (Å²) in [5, 5.41) is 13.8. The van der Waals surface area contributed by atoms with Crippen molar-refractivity contribution in [2.75, 3.05) is 11.4 Å². The maximum Gasteiger partial charge on any atom is 0.275 e. The largest absolute Gasteiger partial charge is 0.507 e. The summed E-state index contributed by atoms with van der Waals surface area (Å²) in [5.41, 5.74) is 4.86. The molecule has 2 N–H and O–H groups in total. The van der Waals surface area contributed by atoms with Crippen molar-refractivity contribution < 1.29 is 14.7 Å². The minimum atomic E-state index is -0.483. The lowest BCUT2D eigenvalue weighted by molar-refractivity contribution is -0.117. The van der Waals surface area contributed by atoms with E-state index in [4.69, 9.17) is 0 Å². The van der Waals surface area contributed by atoms with E-state index in [2.05, 4.69) is 10.5 Å². The van der Waals surface area contributed by atoms with Gasteiger partial charge >= 0.3 is 0 Å². The lowest BCUT2D eigenvalue weighted by atomic mass is 10.1. The van der Waals surface area contributed by atoms with Crippen molar-refractivity contribution in [1.29, 1.82) is 0 Å². The van der Waals surface area contributed by atoms with Gasteiger partial charge in [-0.05, 0) is 43.2 Å². The van der Waals surface area contributed by atoms with Crippen LogP contribution in [0.25, 0.3) is 0 Å². The fourth-order valence-electron chi connectivity index (χ4n) is 2.75. The van der Waals surface area contributed by atoms with Gasteiger partial charge in [0.05, 0.1) is 11.3 Å². The van der Waals surface area contributed by atoms with Crippen LogP contribution in [0, 0.1) is 0 Å². The number of hydrazone groups is 1. The predicted octanol–water partition coefficient (Wildman–Crippen LogP) is 2.67. The van der Waals surface area contributed by atoms with Gasteiger partial charge in [0.2, 0.25) is 5.91 Å². The van der Waals surface area contributed by atoms with Gasteiger partial charge in [0.1, 0.15) is 5.75 Å². The van der Waals surface area contributed by atoms with E-state index in [1.165, 1.54) is 12.1 Å². The standard InChI is InChI=1S/C19H19N3O3/c1-13(20-21-19(25)16-8-2-3-9-17(16)23)14-6-4-7-15(12-14)22-11-5-10-18(22)24/h2-4,6-9,12,23H,5,10-11H2,1H3,(H,21,25)/b20-13-. The Kier molecular flexibility index (Phi) is 4.79. The third kappa shape index (κ3) is 3.68. The van der Waals surface area contributed by atoms with Crippen molar-refractivity contribution in [3.8, 4) is 5.75 Å². The second-order valence-corrected chi connectivity index (χ2v) is 5.85. The lowest BCUT2D eigenvalue weighted by Gasteiger charge is -2.16. The van der Waals surface area contributed by atoms with Gasteiger partial charge in [-0.3, -0.25) is 9.59 Å². The molecule has 2 amide bonds. The molecule has 1 fully saturated rings. The number of carbonyl (C=O) groups is 2. The van der Waals surface area contributed by atoms with Crippen LogP contribution >= 0.6 is 0 Å². The van der Waals surface area contributed by atoms with Gasteiger partial charge in [-0.25, -0.2) is 5.43 Å². The third-order valence-electron chi connectivity index (χ3n) is 4.12. The van der Waals surface area contributed by atoms with Crippen LogP contribution in [0.1, 0.15) is 35.7 Å². The van der Waals surface area contributed by atoms with Crippen molar-refractivity contribution >= 4 is 23.2 Å². The highest BCUT2D eigenvalue weighted by atomic mass is 16.3. The number of anilines is 1. The van der Waals surface area contributed by atoms with E-state index in [-0.39, 0.29) is 17.2 Å². The van der Waals surface area contributed by atoms with Crippen LogP contribution in [-0.4, -0.2) is 29.2 Å². The van der Waals surface area contributed by atoms with E-state index < -0.39 is 5.91 Å². The molecule has 1 aliphatic heterocycles. The maximum atomic E-state index is 12.1.